The van der Waals surface area contributed by atoms with Crippen LogP contribution in [0.3, 0.4) is 0 Å². The highest BCUT2D eigenvalue weighted by Crippen LogP contribution is 2.39. The number of hydrogen-bond donors (Lipinski definition) is 1. The van der Waals surface area contributed by atoms with Crippen molar-refractivity contribution in [2.45, 2.75) is 39.2 Å². The first-order chi connectivity index (χ1) is 16.1. The first-order valence-electron chi connectivity index (χ1n) is 11.4. The largest absolute Gasteiger partial charge is 0.486 e. The molecule has 170 valence electrons. The molecule has 0 saturated carbocycles. The Hall–Kier alpha value is -3.45. The molecule has 2 aromatic carbocycles. The number of amides is 1. The Morgan fingerprint density at radius 2 is 2.12 bits per heavy atom. The highest BCUT2D eigenvalue weighted by atomic mass is 16.5. The fraction of sp³-hybridized carbons (Fsp3) is 0.346. The van der Waals surface area contributed by atoms with Crippen molar-refractivity contribution >= 4 is 34.0 Å². The molecule has 3 aromatic rings. The lowest BCUT2D eigenvalue weighted by Crippen LogP contribution is -2.25. The van der Waals surface area contributed by atoms with E-state index in [1.54, 1.807) is 12.4 Å². The number of nitrogens with one attached hydrogen (secondary N) is 1. The molecule has 0 unspecified atom stereocenters. The van der Waals surface area contributed by atoms with E-state index >= 15 is 0 Å². The molecular formula is C26H28N4O3. The quantitative estimate of drug-likeness (QED) is 0.571. The molecule has 7 nitrogen and oxygen atoms in total. The number of fused-ring (bicyclic) bond motifs is 2. The van der Waals surface area contributed by atoms with Crippen LogP contribution in [0.25, 0.3) is 10.9 Å². The van der Waals surface area contributed by atoms with E-state index in [-0.39, 0.29) is 12.0 Å². The van der Waals surface area contributed by atoms with Gasteiger partial charge in [-0.15, -0.1) is 0 Å². The number of ether oxygens (including phenoxy) is 2. The summed E-state index contributed by atoms with van der Waals surface area (Å²) in [7, 11) is 0. The van der Waals surface area contributed by atoms with Crippen molar-refractivity contribution in [2.24, 2.45) is 0 Å². The number of anilines is 3. The Kier molecular flexibility index (Phi) is 5.96. The normalized spacial score (nSPS) is 17.5. The summed E-state index contributed by atoms with van der Waals surface area (Å²) in [5.74, 6) is 1.24. The molecule has 33 heavy (non-hydrogen) atoms. The predicted octanol–water partition coefficient (Wildman–Crippen LogP) is 4.79. The number of carbonyl (C=O) groups excluding carboxylic acids is 1. The number of nitrogens with zero attached hydrogens (tertiary/aromatic N) is 3. The van der Waals surface area contributed by atoms with Gasteiger partial charge in [-0.05, 0) is 44.4 Å². The third-order valence-electron chi connectivity index (χ3n) is 5.94. The number of carbonyl (C=O) groups is 1. The molecule has 1 aromatic heterocycles. The number of allylic oxidation sites excluding steroid dienone is 1. The summed E-state index contributed by atoms with van der Waals surface area (Å²) < 4.78 is 11.7. The fourth-order valence-corrected chi connectivity index (χ4v) is 4.45. The van der Waals surface area contributed by atoms with Gasteiger partial charge in [-0.1, -0.05) is 23.8 Å². The Morgan fingerprint density at radius 3 is 2.94 bits per heavy atom. The highest BCUT2D eigenvalue weighted by Gasteiger charge is 2.24. The molecular weight excluding hydrogens is 416 g/mol. The Balaban J connectivity index is 1.60. The van der Waals surface area contributed by atoms with Crippen molar-refractivity contribution in [3.8, 4) is 5.75 Å². The molecule has 2 aliphatic rings. The van der Waals surface area contributed by atoms with Gasteiger partial charge in [0.25, 0.3) is 0 Å². The lowest BCUT2D eigenvalue weighted by Gasteiger charge is -2.31. The summed E-state index contributed by atoms with van der Waals surface area (Å²) in [6.45, 7) is 5.89. The maximum atomic E-state index is 12.6. The Bertz CT molecular complexity index is 1210. The van der Waals surface area contributed by atoms with Crippen molar-refractivity contribution in [1.29, 1.82) is 0 Å². The first kappa shape index (κ1) is 21.4. The minimum atomic E-state index is -0.191. The van der Waals surface area contributed by atoms with Gasteiger partial charge in [-0.2, -0.15) is 0 Å². The second-order valence-corrected chi connectivity index (χ2v) is 8.76. The third-order valence-corrected chi connectivity index (χ3v) is 5.94. The van der Waals surface area contributed by atoms with E-state index in [0.29, 0.717) is 24.7 Å². The molecule has 1 N–H and O–H groups in total. The molecule has 1 saturated heterocycles. The maximum Gasteiger partial charge on any atom is 0.248 e. The van der Waals surface area contributed by atoms with Gasteiger partial charge >= 0.3 is 0 Å². The van der Waals surface area contributed by atoms with Crippen LogP contribution in [0.4, 0.5) is 17.2 Å². The van der Waals surface area contributed by atoms with Crippen LogP contribution in [0.1, 0.15) is 32.3 Å². The minimum Gasteiger partial charge on any atom is -0.486 e. The number of aromatic nitrogens is 2. The number of hydrogen-bond acceptors (Lipinski definition) is 6. The van der Waals surface area contributed by atoms with Gasteiger partial charge in [0.2, 0.25) is 5.91 Å². The molecule has 1 fully saturated rings. The van der Waals surface area contributed by atoms with Gasteiger partial charge in [0.15, 0.2) is 0 Å². The van der Waals surface area contributed by atoms with Crippen LogP contribution >= 0.6 is 0 Å². The van der Waals surface area contributed by atoms with Crippen LogP contribution in [0.15, 0.2) is 54.4 Å². The zero-order valence-electron chi connectivity index (χ0n) is 19.0. The molecule has 0 aliphatic carbocycles. The van der Waals surface area contributed by atoms with Crippen molar-refractivity contribution in [3.63, 3.8) is 0 Å². The lowest BCUT2D eigenvalue weighted by atomic mass is 10.0. The number of benzene rings is 2. The van der Waals surface area contributed by atoms with Gasteiger partial charge in [0.05, 0.1) is 24.4 Å². The molecule has 2 aliphatic heterocycles. The standard InChI is InChI=1S/C26H28N4O3/c1-17(2)12-25(31)29-22-13-20-21(14-24(22)33-19-9-11-32-15-19)27-16-28-26(20)30-10-5-7-18-6-3-4-8-23(18)30/h3-4,6,8,12-14,16,19H,5,7,9-11,15H2,1-2H3,(H,29,31)/t19-/m1/s1. The summed E-state index contributed by atoms with van der Waals surface area (Å²) in [6.07, 6.45) is 6.06. The van der Waals surface area contributed by atoms with Crippen molar-refractivity contribution in [2.75, 3.05) is 30.0 Å². The fourth-order valence-electron chi connectivity index (χ4n) is 4.45. The van der Waals surface area contributed by atoms with Gasteiger partial charge in [-0.25, -0.2) is 9.97 Å². The highest BCUT2D eigenvalue weighted by molar-refractivity contribution is 6.04. The van der Waals surface area contributed by atoms with Crippen LogP contribution in [0.5, 0.6) is 5.75 Å². The topological polar surface area (TPSA) is 76.6 Å². The maximum absolute atomic E-state index is 12.6. The first-order valence-corrected chi connectivity index (χ1v) is 11.4. The molecule has 0 bridgehead atoms. The van der Waals surface area contributed by atoms with E-state index in [1.807, 2.05) is 26.0 Å². The van der Waals surface area contributed by atoms with Crippen LogP contribution in [0.2, 0.25) is 0 Å². The van der Waals surface area contributed by atoms with E-state index in [1.165, 1.54) is 11.3 Å². The minimum absolute atomic E-state index is 0.0446. The van der Waals surface area contributed by atoms with Crippen LogP contribution < -0.4 is 15.0 Å². The van der Waals surface area contributed by atoms with Crippen molar-refractivity contribution < 1.29 is 14.3 Å². The van der Waals surface area contributed by atoms with Crippen LogP contribution in [-0.2, 0) is 16.0 Å². The Morgan fingerprint density at radius 1 is 1.24 bits per heavy atom. The van der Waals surface area contributed by atoms with Gasteiger partial charge in [0, 0.05) is 36.2 Å². The van der Waals surface area contributed by atoms with E-state index in [9.17, 15) is 4.79 Å². The molecule has 5 rings (SSSR count). The van der Waals surface area contributed by atoms with E-state index in [4.69, 9.17) is 9.47 Å². The third kappa shape index (κ3) is 4.54. The zero-order valence-corrected chi connectivity index (χ0v) is 19.0. The van der Waals surface area contributed by atoms with E-state index < -0.39 is 0 Å². The van der Waals surface area contributed by atoms with Gasteiger partial charge in [-0.3, -0.25) is 4.79 Å². The smallest absolute Gasteiger partial charge is 0.248 e. The lowest BCUT2D eigenvalue weighted by molar-refractivity contribution is -0.112. The number of aryl methyl sites for hydroxylation is 1. The SMILES string of the molecule is CC(C)=CC(=O)Nc1cc2c(N3CCCc4ccccc43)ncnc2cc1O[C@@H]1CCOC1. The molecule has 0 radical (unpaired) electrons. The summed E-state index contributed by atoms with van der Waals surface area (Å²) in [6, 6.07) is 12.3. The Labute approximate surface area is 193 Å². The van der Waals surface area contributed by atoms with Crippen molar-refractivity contribution in [1.82, 2.24) is 9.97 Å². The van der Waals surface area contributed by atoms with E-state index in [0.717, 1.165) is 48.1 Å². The summed E-state index contributed by atoms with van der Waals surface area (Å²) >= 11 is 0. The molecule has 0 spiro atoms. The second-order valence-electron chi connectivity index (χ2n) is 8.76. The molecule has 7 heteroatoms. The average Bonchev–Trinajstić information content (AvgIpc) is 3.31. The molecule has 1 amide bonds. The van der Waals surface area contributed by atoms with Crippen molar-refractivity contribution in [3.05, 3.63) is 59.9 Å². The monoisotopic (exact) mass is 444 g/mol. The van der Waals surface area contributed by atoms with Gasteiger partial charge < -0.3 is 19.7 Å². The van der Waals surface area contributed by atoms with Gasteiger partial charge in [0.1, 0.15) is 24.0 Å². The zero-order chi connectivity index (χ0) is 22.8. The van der Waals surface area contributed by atoms with Crippen LogP contribution in [-0.4, -0.2) is 41.7 Å². The summed E-state index contributed by atoms with van der Waals surface area (Å²) in [5.41, 5.74) is 4.79. The second kappa shape index (κ2) is 9.19. The summed E-state index contributed by atoms with van der Waals surface area (Å²) in [4.78, 5) is 24.0. The number of rotatable bonds is 5. The van der Waals surface area contributed by atoms with Crippen LogP contribution in [0, 0.1) is 0 Å². The number of para-hydroxylation sites is 1. The predicted molar refractivity (Wildman–Crippen MR) is 129 cm³/mol. The van der Waals surface area contributed by atoms with E-state index in [2.05, 4.69) is 44.5 Å². The molecule has 1 atom stereocenters. The molecule has 3 heterocycles. The summed E-state index contributed by atoms with van der Waals surface area (Å²) in [5, 5.41) is 3.87. The average molecular weight is 445 g/mol.